The van der Waals surface area contributed by atoms with Crippen LogP contribution in [0.4, 0.5) is 19.0 Å². The number of alkyl halides is 4. The molecule has 0 saturated carbocycles. The predicted molar refractivity (Wildman–Crippen MR) is 59.8 cm³/mol. The quantitative estimate of drug-likeness (QED) is 0.265. The highest BCUT2D eigenvalue weighted by Gasteiger charge is 2.34. The van der Waals surface area contributed by atoms with Crippen LogP contribution in [0, 0.1) is 13.8 Å². The van der Waals surface area contributed by atoms with Crippen molar-refractivity contribution in [3.63, 3.8) is 0 Å². The lowest BCUT2D eigenvalue weighted by molar-refractivity contribution is -0.390. The minimum Gasteiger partial charge on any atom is -0.401 e. The van der Waals surface area contributed by atoms with Crippen LogP contribution in [0.3, 0.4) is 0 Å². The number of aromatic nitrogens is 1. The second-order valence-electron chi connectivity index (χ2n) is 2.70. The summed E-state index contributed by atoms with van der Waals surface area (Å²) in [7, 11) is 0. The van der Waals surface area contributed by atoms with Crippen LogP contribution in [0.2, 0.25) is 0 Å². The van der Waals surface area contributed by atoms with Crippen molar-refractivity contribution >= 4 is 40.0 Å². The fraction of sp³-hybridized carbons (Fsp3) is 0.286. The summed E-state index contributed by atoms with van der Waals surface area (Å²) in [5.41, 5.74) is -0.142. The van der Waals surface area contributed by atoms with E-state index in [0.29, 0.717) is 0 Å². The average Bonchev–Trinajstić information content (AvgIpc) is 2.18. The van der Waals surface area contributed by atoms with Gasteiger partial charge in [0.1, 0.15) is 0 Å². The van der Waals surface area contributed by atoms with Gasteiger partial charge in [-0.15, -0.1) is 24.8 Å². The minimum atomic E-state index is -4.89. The van der Waals surface area contributed by atoms with Crippen molar-refractivity contribution in [1.29, 1.82) is 0 Å². The van der Waals surface area contributed by atoms with Crippen LogP contribution >= 0.6 is 34.2 Å². The van der Waals surface area contributed by atoms with Gasteiger partial charge < -0.3 is 14.9 Å². The summed E-state index contributed by atoms with van der Waals surface area (Å²) in [6, 6.07) is 0.855. The van der Waals surface area contributed by atoms with E-state index in [1.165, 1.54) is 22.6 Å². The number of hydrogen-bond donors (Lipinski definition) is 0. The van der Waals surface area contributed by atoms with E-state index in [1.807, 2.05) is 0 Å². The molecule has 0 aliphatic carbocycles. The van der Waals surface area contributed by atoms with Gasteiger partial charge in [-0.3, -0.25) is 0 Å². The van der Waals surface area contributed by atoms with E-state index in [2.05, 4.69) is 9.72 Å². The lowest BCUT2D eigenvalue weighted by atomic mass is 10.3. The minimum absolute atomic E-state index is 0.142. The Morgan fingerprint density at radius 3 is 2.59 bits per heavy atom. The Hall–Kier alpha value is -0.840. The molecule has 0 bridgehead atoms. The van der Waals surface area contributed by atoms with E-state index in [4.69, 9.17) is 11.6 Å². The van der Waals surface area contributed by atoms with Crippen LogP contribution in [-0.2, 0) is 5.88 Å². The molecule has 0 spiro atoms. The lowest BCUT2D eigenvalue weighted by Gasteiger charge is -2.09. The molecule has 0 amide bonds. The lowest BCUT2D eigenvalue weighted by Crippen LogP contribution is -2.18. The molecule has 0 radical (unpaired) electrons. The van der Waals surface area contributed by atoms with Gasteiger partial charge in [0, 0.05) is 22.6 Å². The predicted octanol–water partition coefficient (Wildman–Crippen LogP) is 3.23. The zero-order chi connectivity index (χ0) is 13.2. The van der Waals surface area contributed by atoms with E-state index in [-0.39, 0.29) is 15.1 Å². The molecule has 0 aliphatic rings. The van der Waals surface area contributed by atoms with E-state index >= 15 is 0 Å². The largest absolute Gasteiger partial charge is 0.573 e. The summed E-state index contributed by atoms with van der Waals surface area (Å²) in [5, 5.41) is 10.5. The van der Waals surface area contributed by atoms with Gasteiger partial charge in [0.05, 0.1) is 11.4 Å². The third-order valence-corrected chi connectivity index (χ3v) is 2.60. The van der Waals surface area contributed by atoms with E-state index in [9.17, 15) is 23.3 Å². The van der Waals surface area contributed by atoms with Gasteiger partial charge in [-0.1, -0.05) is 0 Å². The van der Waals surface area contributed by atoms with E-state index < -0.39 is 22.9 Å². The van der Waals surface area contributed by atoms with Crippen LogP contribution in [-0.4, -0.2) is 16.3 Å². The van der Waals surface area contributed by atoms with Crippen molar-refractivity contribution in [2.45, 2.75) is 12.2 Å². The van der Waals surface area contributed by atoms with Crippen molar-refractivity contribution in [2.24, 2.45) is 0 Å². The number of nitrogens with zero attached hydrogens (tertiary/aromatic N) is 2. The van der Waals surface area contributed by atoms with Crippen molar-refractivity contribution < 1.29 is 22.8 Å². The zero-order valence-electron chi connectivity index (χ0n) is 7.79. The van der Waals surface area contributed by atoms with Crippen molar-refractivity contribution in [3.05, 3.63) is 25.4 Å². The molecule has 0 saturated heterocycles. The van der Waals surface area contributed by atoms with Crippen LogP contribution in [0.15, 0.2) is 6.07 Å². The van der Waals surface area contributed by atoms with Crippen molar-refractivity contribution in [1.82, 2.24) is 4.98 Å². The molecular weight excluding hydrogens is 379 g/mol. The molecule has 0 aliphatic heterocycles. The Morgan fingerprint density at radius 1 is 1.59 bits per heavy atom. The van der Waals surface area contributed by atoms with Gasteiger partial charge in [0.15, 0.2) is 5.75 Å². The van der Waals surface area contributed by atoms with Gasteiger partial charge in [0.25, 0.3) is 3.70 Å². The molecule has 10 heteroatoms. The zero-order valence-corrected chi connectivity index (χ0v) is 10.7. The first-order valence-corrected chi connectivity index (χ1v) is 5.51. The second-order valence-corrected chi connectivity index (χ2v) is 3.99. The standard InChI is InChI=1S/C7H3ClF3IN2O3/c8-2-3-1-4(17-7(9,10)11)5(12)13-6(3)14(15)16/h1H,2H2. The van der Waals surface area contributed by atoms with Crippen LogP contribution < -0.4 is 4.74 Å². The number of ether oxygens (including phenoxy) is 1. The monoisotopic (exact) mass is 382 g/mol. The number of halogens is 5. The van der Waals surface area contributed by atoms with Crippen LogP contribution in [0.5, 0.6) is 5.75 Å². The fourth-order valence-corrected chi connectivity index (χ4v) is 1.65. The Kier molecular flexibility index (Phi) is 4.36. The van der Waals surface area contributed by atoms with Gasteiger partial charge >= 0.3 is 12.2 Å². The molecule has 1 aromatic rings. The summed E-state index contributed by atoms with van der Waals surface area (Å²) in [6.07, 6.45) is -4.89. The summed E-state index contributed by atoms with van der Waals surface area (Å²) < 4.78 is 39.4. The number of rotatable bonds is 3. The van der Waals surface area contributed by atoms with E-state index in [1.54, 1.807) is 0 Å². The fourth-order valence-electron chi connectivity index (χ4n) is 0.955. The first kappa shape index (κ1) is 14.2. The Labute approximate surface area is 111 Å². The SMILES string of the molecule is O=[N+]([O-])c1nc(I)c(OC(F)(F)F)cc1CCl. The molecule has 0 unspecified atom stereocenters. The maximum absolute atomic E-state index is 12.0. The molecule has 94 valence electrons. The number of nitro groups is 1. The molecule has 0 atom stereocenters. The molecular formula is C7H3ClF3IN2O3. The van der Waals surface area contributed by atoms with Gasteiger partial charge in [-0.2, -0.15) is 0 Å². The first-order chi connectivity index (χ1) is 7.74. The number of pyridine rings is 1. The average molecular weight is 382 g/mol. The Morgan fingerprint density at radius 2 is 2.18 bits per heavy atom. The third-order valence-electron chi connectivity index (χ3n) is 1.54. The van der Waals surface area contributed by atoms with Crippen LogP contribution in [0.25, 0.3) is 0 Å². The number of hydrogen-bond acceptors (Lipinski definition) is 4. The molecule has 5 nitrogen and oxygen atoms in total. The van der Waals surface area contributed by atoms with Crippen LogP contribution in [0.1, 0.15) is 5.56 Å². The molecule has 0 fully saturated rings. The van der Waals surface area contributed by atoms with Gasteiger partial charge in [0.2, 0.25) is 0 Å². The highest BCUT2D eigenvalue weighted by molar-refractivity contribution is 14.1. The first-order valence-electron chi connectivity index (χ1n) is 3.90. The van der Waals surface area contributed by atoms with Gasteiger partial charge in [-0.05, 0) is 16.0 Å². The molecule has 0 N–H and O–H groups in total. The summed E-state index contributed by atoms with van der Waals surface area (Å²) in [4.78, 5) is 13.1. The molecule has 17 heavy (non-hydrogen) atoms. The molecule has 0 aromatic carbocycles. The smallest absolute Gasteiger partial charge is 0.401 e. The Bertz CT molecular complexity index is 455. The normalized spacial score (nSPS) is 11.4. The van der Waals surface area contributed by atoms with E-state index in [0.717, 1.165) is 6.07 Å². The van der Waals surface area contributed by atoms with Crippen molar-refractivity contribution in [3.8, 4) is 5.75 Å². The molecule has 1 aromatic heterocycles. The van der Waals surface area contributed by atoms with Crippen molar-refractivity contribution in [2.75, 3.05) is 0 Å². The summed E-state index contributed by atoms with van der Waals surface area (Å²) in [5.74, 6) is -1.53. The second kappa shape index (κ2) is 5.21. The third kappa shape index (κ3) is 3.84. The Balaban J connectivity index is 3.23. The summed E-state index contributed by atoms with van der Waals surface area (Å²) >= 11 is 6.80. The van der Waals surface area contributed by atoms with Gasteiger partial charge in [-0.25, -0.2) is 0 Å². The molecule has 1 rings (SSSR count). The summed E-state index contributed by atoms with van der Waals surface area (Å²) in [6.45, 7) is 0. The topological polar surface area (TPSA) is 65.3 Å². The highest BCUT2D eigenvalue weighted by Crippen LogP contribution is 2.31. The molecule has 1 heterocycles. The maximum Gasteiger partial charge on any atom is 0.573 e. The maximum atomic E-state index is 12.0. The highest BCUT2D eigenvalue weighted by atomic mass is 127.